The monoisotopic (exact) mass is 487 g/mol. The van der Waals surface area contributed by atoms with Crippen molar-refractivity contribution < 1.29 is 28.8 Å². The fourth-order valence-electron chi connectivity index (χ4n) is 4.04. The van der Waals surface area contributed by atoms with Gasteiger partial charge in [-0.2, -0.15) is 0 Å². The van der Waals surface area contributed by atoms with Crippen LogP contribution in [0.5, 0.6) is 0 Å². The summed E-state index contributed by atoms with van der Waals surface area (Å²) in [7, 11) is 1.22. The minimum Gasteiger partial charge on any atom is -0.468 e. The summed E-state index contributed by atoms with van der Waals surface area (Å²) in [5.41, 5.74) is 0.320. The van der Waals surface area contributed by atoms with Gasteiger partial charge in [-0.3, -0.25) is 24.7 Å². The van der Waals surface area contributed by atoms with Gasteiger partial charge in [0.25, 0.3) is 5.69 Å². The van der Waals surface area contributed by atoms with Gasteiger partial charge in [0.15, 0.2) is 0 Å². The zero-order valence-corrected chi connectivity index (χ0v) is 21.4. The summed E-state index contributed by atoms with van der Waals surface area (Å²) >= 11 is 0. The molecule has 1 aromatic rings. The molecule has 1 heterocycles. The Kier molecular flexibility index (Phi) is 8.54. The Morgan fingerprint density at radius 1 is 1.17 bits per heavy atom. The van der Waals surface area contributed by atoms with Crippen LogP contribution in [0.2, 0.25) is 0 Å². The molecule has 1 aromatic carbocycles. The van der Waals surface area contributed by atoms with Crippen molar-refractivity contribution in [2.75, 3.05) is 7.11 Å². The number of hydrogen-bond donors (Lipinski definition) is 1. The molecule has 35 heavy (non-hydrogen) atoms. The molecule has 2 unspecified atom stereocenters. The van der Waals surface area contributed by atoms with Crippen molar-refractivity contribution >= 4 is 29.2 Å². The Bertz CT molecular complexity index is 1080. The van der Waals surface area contributed by atoms with E-state index in [4.69, 9.17) is 9.47 Å². The van der Waals surface area contributed by atoms with Gasteiger partial charge in [0.2, 0.25) is 5.91 Å². The Morgan fingerprint density at radius 2 is 1.80 bits per heavy atom. The molecule has 1 N–H and O–H groups in total. The average molecular weight is 488 g/mol. The van der Waals surface area contributed by atoms with Crippen molar-refractivity contribution in [1.82, 2.24) is 5.32 Å². The summed E-state index contributed by atoms with van der Waals surface area (Å²) in [5, 5.41) is 14.2. The number of carbonyl (C=O) groups is 3. The van der Waals surface area contributed by atoms with E-state index in [1.165, 1.54) is 25.3 Å². The van der Waals surface area contributed by atoms with Crippen LogP contribution in [-0.2, 0) is 23.9 Å². The van der Waals surface area contributed by atoms with E-state index in [2.05, 4.69) is 10.3 Å². The van der Waals surface area contributed by atoms with E-state index in [-0.39, 0.29) is 17.2 Å². The van der Waals surface area contributed by atoms with Gasteiger partial charge in [-0.1, -0.05) is 26.0 Å². The lowest BCUT2D eigenvalue weighted by atomic mass is 9.75. The quantitative estimate of drug-likeness (QED) is 0.352. The average Bonchev–Trinajstić information content (AvgIpc) is 2.74. The number of non-ortho nitro benzene ring substituents is 1. The number of carbonyl (C=O) groups excluding carboxylic acids is 3. The van der Waals surface area contributed by atoms with Crippen LogP contribution in [-0.4, -0.2) is 47.2 Å². The lowest BCUT2D eigenvalue weighted by molar-refractivity contribution is -0.384. The van der Waals surface area contributed by atoms with Gasteiger partial charge in [-0.15, -0.1) is 0 Å². The molecule has 2 rings (SSSR count). The molecule has 0 bridgehead atoms. The number of ether oxygens (including phenoxy) is 2. The maximum atomic E-state index is 13.6. The first kappa shape index (κ1) is 27.7. The molecule has 0 spiro atoms. The lowest BCUT2D eigenvalue weighted by Crippen LogP contribution is -2.49. The molecule has 0 saturated carbocycles. The molecule has 1 aliphatic heterocycles. The predicted octanol–water partition coefficient (Wildman–Crippen LogP) is 3.70. The van der Waals surface area contributed by atoms with Gasteiger partial charge in [0.1, 0.15) is 17.6 Å². The van der Waals surface area contributed by atoms with Crippen molar-refractivity contribution in [3.05, 3.63) is 51.2 Å². The fraction of sp³-hybridized carbons (Fsp3) is 0.520. The molecule has 1 aliphatic rings. The fourth-order valence-corrected chi connectivity index (χ4v) is 4.04. The standard InChI is InChI=1S/C25H33N3O7/c1-13(2)21(24(31)35-25(5,6)7)27-22(29)18-14(3)26-15(4)19(23(30)34-8)20(18)16-10-9-11-17(12-16)28(32)33/h9-13,19-21H,1-8H3,(H,27,29)/t19?,20?,21-/m0/s1. The van der Waals surface area contributed by atoms with Crippen LogP contribution in [0.25, 0.3) is 0 Å². The number of nitro benzene ring substituents is 1. The van der Waals surface area contributed by atoms with E-state index in [0.717, 1.165) is 0 Å². The number of rotatable bonds is 7. The van der Waals surface area contributed by atoms with Crippen LogP contribution in [0.4, 0.5) is 5.69 Å². The van der Waals surface area contributed by atoms with Gasteiger partial charge in [-0.05, 0) is 46.1 Å². The number of allylic oxidation sites excluding steroid dienone is 1. The molecule has 0 aliphatic carbocycles. The molecule has 0 saturated heterocycles. The smallest absolute Gasteiger partial charge is 0.329 e. The third-order valence-corrected chi connectivity index (χ3v) is 5.58. The molecule has 0 aromatic heterocycles. The van der Waals surface area contributed by atoms with E-state index in [0.29, 0.717) is 17.0 Å². The molecule has 1 amide bonds. The van der Waals surface area contributed by atoms with E-state index in [1.807, 2.05) is 0 Å². The summed E-state index contributed by atoms with van der Waals surface area (Å²) in [6.07, 6.45) is 0. The van der Waals surface area contributed by atoms with Crippen LogP contribution in [0.3, 0.4) is 0 Å². The Morgan fingerprint density at radius 3 is 2.31 bits per heavy atom. The number of nitrogens with one attached hydrogen (secondary N) is 1. The van der Waals surface area contributed by atoms with Crippen molar-refractivity contribution in [3.8, 4) is 0 Å². The summed E-state index contributed by atoms with van der Waals surface area (Å²) in [6.45, 7) is 12.0. The molecule has 0 fully saturated rings. The number of esters is 2. The number of nitrogens with zero attached hydrogens (tertiary/aromatic N) is 2. The summed E-state index contributed by atoms with van der Waals surface area (Å²) in [5.74, 6) is -4.03. The zero-order chi connectivity index (χ0) is 26.7. The molecular weight excluding hydrogens is 454 g/mol. The van der Waals surface area contributed by atoms with Crippen molar-refractivity contribution in [3.63, 3.8) is 0 Å². The minimum atomic E-state index is -0.981. The Balaban J connectivity index is 2.60. The SMILES string of the molecule is COC(=O)C1C(C)=NC(C)=C(C(=O)N[C@H](C(=O)OC(C)(C)C)C(C)C)C1c1cccc([N+](=O)[O-])c1. The van der Waals surface area contributed by atoms with Crippen LogP contribution in [0, 0.1) is 22.0 Å². The zero-order valence-electron chi connectivity index (χ0n) is 21.4. The van der Waals surface area contributed by atoms with Crippen molar-refractivity contribution in [2.45, 2.75) is 66.0 Å². The topological polar surface area (TPSA) is 137 Å². The first-order chi connectivity index (χ1) is 16.2. The molecular formula is C25H33N3O7. The molecule has 3 atom stereocenters. The van der Waals surface area contributed by atoms with Gasteiger partial charge >= 0.3 is 11.9 Å². The first-order valence-electron chi connectivity index (χ1n) is 11.3. The van der Waals surface area contributed by atoms with Crippen LogP contribution in [0.1, 0.15) is 59.9 Å². The van der Waals surface area contributed by atoms with Gasteiger partial charge < -0.3 is 14.8 Å². The number of nitro groups is 1. The number of benzene rings is 1. The number of amides is 1. The highest BCUT2D eigenvalue weighted by Crippen LogP contribution is 2.40. The highest BCUT2D eigenvalue weighted by molar-refractivity contribution is 6.08. The van der Waals surface area contributed by atoms with E-state index >= 15 is 0 Å². The highest BCUT2D eigenvalue weighted by atomic mass is 16.6. The molecule has 190 valence electrons. The normalized spacial score (nSPS) is 19.1. The predicted molar refractivity (Wildman–Crippen MR) is 130 cm³/mol. The minimum absolute atomic E-state index is 0.126. The van der Waals surface area contributed by atoms with Crippen LogP contribution < -0.4 is 5.32 Å². The Labute approximate surface area is 204 Å². The lowest BCUT2D eigenvalue weighted by Gasteiger charge is -2.33. The maximum Gasteiger partial charge on any atom is 0.329 e. The number of methoxy groups -OCH3 is 1. The first-order valence-corrected chi connectivity index (χ1v) is 11.3. The number of hydrogen-bond acceptors (Lipinski definition) is 8. The van der Waals surface area contributed by atoms with Crippen molar-refractivity contribution in [2.24, 2.45) is 16.8 Å². The third kappa shape index (κ3) is 6.52. The second-order valence-corrected chi connectivity index (χ2v) is 9.81. The van der Waals surface area contributed by atoms with Crippen LogP contribution in [0.15, 0.2) is 40.5 Å². The van der Waals surface area contributed by atoms with Crippen molar-refractivity contribution in [1.29, 1.82) is 0 Å². The number of aliphatic imine (C=N–C) groups is 1. The summed E-state index contributed by atoms with van der Waals surface area (Å²) in [4.78, 5) is 54.5. The van der Waals surface area contributed by atoms with Gasteiger partial charge in [0, 0.05) is 35.0 Å². The largest absolute Gasteiger partial charge is 0.468 e. The second-order valence-electron chi connectivity index (χ2n) is 9.81. The maximum absolute atomic E-state index is 13.6. The van der Waals surface area contributed by atoms with Crippen LogP contribution >= 0.6 is 0 Å². The van der Waals surface area contributed by atoms with Gasteiger partial charge in [0.05, 0.1) is 12.0 Å². The molecule has 10 heteroatoms. The summed E-state index contributed by atoms with van der Waals surface area (Å²) in [6, 6.07) is 4.80. The molecule has 10 nitrogen and oxygen atoms in total. The highest BCUT2D eigenvalue weighted by Gasteiger charge is 2.43. The van der Waals surface area contributed by atoms with E-state index in [9.17, 15) is 24.5 Å². The summed E-state index contributed by atoms with van der Waals surface area (Å²) < 4.78 is 10.5. The second kappa shape index (κ2) is 10.8. The van der Waals surface area contributed by atoms with Gasteiger partial charge in [-0.25, -0.2) is 4.79 Å². The Hall–Kier alpha value is -3.56. The van der Waals surface area contributed by atoms with E-state index in [1.54, 1.807) is 54.5 Å². The van der Waals surface area contributed by atoms with E-state index < -0.39 is 46.2 Å². The molecule has 0 radical (unpaired) electrons. The third-order valence-electron chi connectivity index (χ3n) is 5.58.